The van der Waals surface area contributed by atoms with E-state index >= 15 is 0 Å². The standard InChI is InChI=1S/C17H20FN7.2H2O/c1-20-14-22-15(21-13-7-5-12(18)6-8-13)24-16(23-14)25-17(11-19)9-3-2-4-10-17;;/h5-8H,2-4,9-10H2,1H3,(H3,20,21,22,23,24,25);2*1H2. The largest absolute Gasteiger partial charge is 0.412 e. The molecule has 0 radical (unpaired) electrons. The molecule has 1 aliphatic carbocycles. The maximum Gasteiger partial charge on any atom is 0.233 e. The van der Waals surface area contributed by atoms with Gasteiger partial charge in [-0.3, -0.25) is 0 Å². The Hall–Kier alpha value is -3.03. The van der Waals surface area contributed by atoms with Crippen LogP contribution < -0.4 is 16.0 Å². The number of hydrogen-bond acceptors (Lipinski definition) is 7. The van der Waals surface area contributed by atoms with E-state index in [1.165, 1.54) is 12.1 Å². The molecule has 0 bridgehead atoms. The first-order valence-corrected chi connectivity index (χ1v) is 8.28. The molecule has 7 N–H and O–H groups in total. The Morgan fingerprint density at radius 1 is 0.963 bits per heavy atom. The van der Waals surface area contributed by atoms with Crippen molar-refractivity contribution in [3.8, 4) is 6.07 Å². The minimum Gasteiger partial charge on any atom is -0.412 e. The van der Waals surface area contributed by atoms with Crippen molar-refractivity contribution in [2.45, 2.75) is 37.6 Å². The molecule has 10 heteroatoms. The average Bonchev–Trinajstić information content (AvgIpc) is 2.64. The quantitative estimate of drug-likeness (QED) is 0.715. The fourth-order valence-electron chi connectivity index (χ4n) is 2.90. The molecule has 2 aromatic rings. The van der Waals surface area contributed by atoms with Crippen molar-refractivity contribution >= 4 is 23.5 Å². The molecule has 0 unspecified atom stereocenters. The topological polar surface area (TPSA) is 162 Å². The fraction of sp³-hybridized carbons (Fsp3) is 0.412. The van der Waals surface area contributed by atoms with Crippen LogP contribution in [0.15, 0.2) is 24.3 Å². The molecule has 0 atom stereocenters. The lowest BCUT2D eigenvalue weighted by atomic mass is 9.83. The lowest BCUT2D eigenvalue weighted by molar-refractivity contribution is 0.391. The van der Waals surface area contributed by atoms with E-state index in [0.29, 0.717) is 23.5 Å². The third-order valence-electron chi connectivity index (χ3n) is 4.23. The molecule has 27 heavy (non-hydrogen) atoms. The number of rotatable bonds is 5. The number of nitriles is 1. The van der Waals surface area contributed by atoms with Crippen molar-refractivity contribution in [3.05, 3.63) is 30.1 Å². The van der Waals surface area contributed by atoms with Crippen molar-refractivity contribution in [1.29, 1.82) is 5.26 Å². The van der Waals surface area contributed by atoms with Crippen LogP contribution in [0.25, 0.3) is 0 Å². The SMILES string of the molecule is CNc1nc(Nc2ccc(F)cc2)nc(NC2(C#N)CCCCC2)n1.O.O. The van der Waals surface area contributed by atoms with E-state index in [1.807, 2.05) is 0 Å². The van der Waals surface area contributed by atoms with E-state index in [0.717, 1.165) is 32.1 Å². The van der Waals surface area contributed by atoms with Gasteiger partial charge in [0.25, 0.3) is 0 Å². The van der Waals surface area contributed by atoms with Crippen LogP contribution in [-0.2, 0) is 0 Å². The van der Waals surface area contributed by atoms with E-state index in [4.69, 9.17) is 0 Å². The molecule has 3 rings (SSSR count). The second-order valence-electron chi connectivity index (χ2n) is 6.07. The highest BCUT2D eigenvalue weighted by molar-refractivity contribution is 5.55. The summed E-state index contributed by atoms with van der Waals surface area (Å²) in [6.07, 6.45) is 4.69. The Morgan fingerprint density at radius 3 is 2.15 bits per heavy atom. The molecule has 1 aromatic carbocycles. The lowest BCUT2D eigenvalue weighted by Crippen LogP contribution is -2.39. The van der Waals surface area contributed by atoms with E-state index < -0.39 is 5.54 Å². The molecule has 0 amide bonds. The molecule has 1 aromatic heterocycles. The zero-order valence-electron chi connectivity index (χ0n) is 15.0. The number of nitrogens with one attached hydrogen (secondary N) is 3. The molecule has 146 valence electrons. The first-order valence-electron chi connectivity index (χ1n) is 8.28. The van der Waals surface area contributed by atoms with E-state index in [-0.39, 0.29) is 16.8 Å². The molecule has 1 heterocycles. The zero-order valence-corrected chi connectivity index (χ0v) is 15.0. The average molecular weight is 377 g/mol. The highest BCUT2D eigenvalue weighted by Gasteiger charge is 2.33. The third kappa shape index (κ3) is 5.47. The number of halogens is 1. The second kappa shape index (κ2) is 9.61. The maximum atomic E-state index is 13.0. The lowest BCUT2D eigenvalue weighted by Gasteiger charge is -2.31. The third-order valence-corrected chi connectivity index (χ3v) is 4.23. The minimum atomic E-state index is -0.641. The molecule has 1 saturated carbocycles. The molecule has 1 aliphatic rings. The Bertz CT molecular complexity index is 774. The van der Waals surface area contributed by atoms with Crippen LogP contribution in [-0.4, -0.2) is 38.5 Å². The number of anilines is 4. The van der Waals surface area contributed by atoms with Gasteiger partial charge in [-0.15, -0.1) is 0 Å². The molecule has 0 aliphatic heterocycles. The van der Waals surface area contributed by atoms with Gasteiger partial charge in [-0.1, -0.05) is 19.3 Å². The van der Waals surface area contributed by atoms with Gasteiger partial charge >= 0.3 is 0 Å². The summed E-state index contributed by atoms with van der Waals surface area (Å²) in [5.74, 6) is 0.725. The van der Waals surface area contributed by atoms with Crippen molar-refractivity contribution in [2.75, 3.05) is 23.0 Å². The Morgan fingerprint density at radius 2 is 1.56 bits per heavy atom. The monoisotopic (exact) mass is 377 g/mol. The van der Waals surface area contributed by atoms with Gasteiger partial charge in [0.05, 0.1) is 6.07 Å². The van der Waals surface area contributed by atoms with Gasteiger partial charge in [0.2, 0.25) is 17.8 Å². The van der Waals surface area contributed by atoms with Crippen LogP contribution in [0.2, 0.25) is 0 Å². The van der Waals surface area contributed by atoms with Gasteiger partial charge < -0.3 is 26.9 Å². The summed E-state index contributed by atoms with van der Waals surface area (Å²) >= 11 is 0. The summed E-state index contributed by atoms with van der Waals surface area (Å²) in [5.41, 5.74) is 0.0193. The summed E-state index contributed by atoms with van der Waals surface area (Å²) in [4.78, 5) is 12.9. The highest BCUT2D eigenvalue weighted by Crippen LogP contribution is 2.30. The van der Waals surface area contributed by atoms with Gasteiger partial charge in [-0.05, 0) is 37.1 Å². The van der Waals surface area contributed by atoms with Gasteiger partial charge in [0, 0.05) is 12.7 Å². The van der Waals surface area contributed by atoms with E-state index in [2.05, 4.69) is 37.0 Å². The number of nitrogens with zero attached hydrogens (tertiary/aromatic N) is 4. The molecule has 0 saturated heterocycles. The van der Waals surface area contributed by atoms with Crippen molar-refractivity contribution in [1.82, 2.24) is 15.0 Å². The minimum absolute atomic E-state index is 0. The maximum absolute atomic E-state index is 13.0. The molecular weight excluding hydrogens is 353 g/mol. The smallest absolute Gasteiger partial charge is 0.233 e. The normalized spacial score (nSPS) is 14.7. The van der Waals surface area contributed by atoms with E-state index in [9.17, 15) is 9.65 Å². The summed E-state index contributed by atoms with van der Waals surface area (Å²) in [5, 5.41) is 18.7. The van der Waals surface area contributed by atoms with Gasteiger partial charge in [-0.25, -0.2) is 4.39 Å². The number of hydrogen-bond donors (Lipinski definition) is 3. The first kappa shape index (κ1) is 22.0. The van der Waals surface area contributed by atoms with Crippen molar-refractivity contribution in [3.63, 3.8) is 0 Å². The molecule has 1 fully saturated rings. The van der Waals surface area contributed by atoms with Gasteiger partial charge in [0.1, 0.15) is 11.4 Å². The first-order chi connectivity index (χ1) is 12.1. The van der Waals surface area contributed by atoms with Gasteiger partial charge in [0.15, 0.2) is 0 Å². The molecule has 0 spiro atoms. The summed E-state index contributed by atoms with van der Waals surface area (Å²) in [6, 6.07) is 8.30. The van der Waals surface area contributed by atoms with Crippen LogP contribution >= 0.6 is 0 Å². The highest BCUT2D eigenvalue weighted by atomic mass is 19.1. The Labute approximate surface area is 156 Å². The van der Waals surface area contributed by atoms with Gasteiger partial charge in [-0.2, -0.15) is 20.2 Å². The number of aromatic nitrogens is 3. The number of benzene rings is 1. The second-order valence-corrected chi connectivity index (χ2v) is 6.07. The fourth-order valence-corrected chi connectivity index (χ4v) is 2.90. The predicted molar refractivity (Wildman–Crippen MR) is 101 cm³/mol. The van der Waals surface area contributed by atoms with Crippen LogP contribution in [0.5, 0.6) is 0 Å². The summed E-state index contributed by atoms with van der Waals surface area (Å²) < 4.78 is 13.0. The van der Waals surface area contributed by atoms with Crippen molar-refractivity contribution in [2.24, 2.45) is 0 Å². The summed E-state index contributed by atoms with van der Waals surface area (Å²) in [7, 11) is 1.71. The Kier molecular flexibility index (Phi) is 7.83. The van der Waals surface area contributed by atoms with Crippen LogP contribution in [0.4, 0.5) is 27.9 Å². The van der Waals surface area contributed by atoms with Crippen molar-refractivity contribution < 1.29 is 15.3 Å². The molecular formula is C17H24FN7O2. The summed E-state index contributed by atoms with van der Waals surface area (Å²) in [6.45, 7) is 0. The molecule has 9 nitrogen and oxygen atoms in total. The van der Waals surface area contributed by atoms with Crippen LogP contribution in [0, 0.1) is 17.1 Å². The van der Waals surface area contributed by atoms with Crippen LogP contribution in [0.3, 0.4) is 0 Å². The zero-order chi connectivity index (χ0) is 17.7. The van der Waals surface area contributed by atoms with Crippen LogP contribution in [0.1, 0.15) is 32.1 Å². The van der Waals surface area contributed by atoms with E-state index in [1.54, 1.807) is 19.2 Å². The predicted octanol–water partition coefficient (Wildman–Crippen LogP) is 1.78. The Balaban J connectivity index is 0.00000182.